The number of alkyl carbamates (subject to hydrolysis) is 1. The first kappa shape index (κ1) is 39.7. The van der Waals surface area contributed by atoms with Crippen LogP contribution in [0.5, 0.6) is 0 Å². The summed E-state index contributed by atoms with van der Waals surface area (Å²) in [4.78, 5) is 71.5. The van der Waals surface area contributed by atoms with Crippen LogP contribution in [0.1, 0.15) is 82.4 Å². The lowest BCUT2D eigenvalue weighted by Crippen LogP contribution is -2.58. The summed E-state index contributed by atoms with van der Waals surface area (Å²) in [6, 6.07) is 8.42. The number of ether oxygens (including phenoxy) is 2. The molecule has 2 aromatic rings. The van der Waals surface area contributed by atoms with Gasteiger partial charge in [0.05, 0.1) is 18.0 Å². The molecule has 6 rings (SSSR count). The molecule has 2 aromatic carbocycles. The summed E-state index contributed by atoms with van der Waals surface area (Å²) in [5.74, 6) is -3.27. The number of fused-ring (bicyclic) bond motifs is 3. The smallest absolute Gasteiger partial charge is 0.410 e. The fraction of sp³-hybridized carbons (Fsp3) is 0.513. The number of halogens is 1. The van der Waals surface area contributed by atoms with Crippen LogP contribution >= 0.6 is 0 Å². The van der Waals surface area contributed by atoms with Crippen molar-refractivity contribution in [3.05, 3.63) is 77.1 Å². The first-order valence-corrected chi connectivity index (χ1v) is 20.1. The van der Waals surface area contributed by atoms with E-state index in [1.165, 1.54) is 21.9 Å². The number of nitrogens with zero attached hydrogens (tertiary/aromatic N) is 2. The molecule has 5 atom stereocenters. The SMILES string of the molecule is Cc1ccccc1S(=O)(=O)NC(=O)[C@@]12C[C@H]1/C=C\CCCCC[C@H](NC(=O)OC(C)(C)C)C(=O)N1C[C@H](OC(=O)N3Cc4cccc(F)c4C3)C[C@H]1C(=O)N2. The highest BCUT2D eigenvalue weighted by Crippen LogP contribution is 2.46. The molecule has 0 aromatic heterocycles. The summed E-state index contributed by atoms with van der Waals surface area (Å²) in [7, 11) is -4.32. The van der Waals surface area contributed by atoms with Gasteiger partial charge in [-0.3, -0.25) is 19.3 Å². The normalized spacial score (nSPS) is 26.3. The van der Waals surface area contributed by atoms with Crippen molar-refractivity contribution in [2.45, 2.75) is 120 Å². The maximum absolute atomic E-state index is 14.5. The van der Waals surface area contributed by atoms with Crippen LogP contribution < -0.4 is 15.4 Å². The summed E-state index contributed by atoms with van der Waals surface area (Å²) in [6.45, 7) is 6.56. The molecule has 3 N–H and O–H groups in total. The molecule has 1 aliphatic carbocycles. The van der Waals surface area contributed by atoms with Gasteiger partial charge in [-0.25, -0.2) is 27.1 Å². The minimum Gasteiger partial charge on any atom is -0.444 e. The lowest BCUT2D eigenvalue weighted by atomic mass is 10.0. The van der Waals surface area contributed by atoms with Crippen LogP contribution in [0.25, 0.3) is 0 Å². The lowest BCUT2D eigenvalue weighted by Gasteiger charge is -2.30. The fourth-order valence-corrected chi connectivity index (χ4v) is 8.75. The molecule has 0 unspecified atom stereocenters. The number of carbonyl (C=O) groups excluding carboxylic acids is 5. The van der Waals surface area contributed by atoms with Gasteiger partial charge >= 0.3 is 12.2 Å². The largest absolute Gasteiger partial charge is 0.444 e. The van der Waals surface area contributed by atoms with Crippen LogP contribution in [0.3, 0.4) is 0 Å². The van der Waals surface area contributed by atoms with E-state index in [9.17, 15) is 36.8 Å². The molecule has 0 bridgehead atoms. The van der Waals surface area contributed by atoms with Gasteiger partial charge in [0.2, 0.25) is 11.8 Å². The standard InChI is InChI=1S/C39H48FN5O9S/c1-24-13-10-11-18-32(24)55(51,52)43-35(48)39-20-26(39)15-8-6-5-7-9-17-30(41-36(49)54-38(2,3)4)34(47)45-22-27(19-31(45)33(46)42-39)53-37(50)44-21-25-14-12-16-29(40)28(25)23-44/h8,10-16,18,26-27,30-31H,5-7,9,17,19-23H2,1-4H3,(H,41,49)(H,42,46)(H,43,48)/b15-8-/t26-,27-,30+,31+,39-/m1/s1. The second kappa shape index (κ2) is 15.6. The maximum atomic E-state index is 14.5. The Labute approximate surface area is 320 Å². The van der Waals surface area contributed by atoms with Gasteiger partial charge in [0.15, 0.2) is 0 Å². The maximum Gasteiger partial charge on any atom is 0.410 e. The van der Waals surface area contributed by atoms with Gasteiger partial charge in [0.1, 0.15) is 35.1 Å². The van der Waals surface area contributed by atoms with Crippen LogP contribution in [0.2, 0.25) is 0 Å². The first-order chi connectivity index (χ1) is 26.0. The first-order valence-electron chi connectivity index (χ1n) is 18.6. The molecule has 16 heteroatoms. The molecular weight excluding hydrogens is 734 g/mol. The monoisotopic (exact) mass is 781 g/mol. The number of aryl methyl sites for hydroxylation is 1. The van der Waals surface area contributed by atoms with Crippen LogP contribution in [-0.4, -0.2) is 84.0 Å². The van der Waals surface area contributed by atoms with Crippen molar-refractivity contribution in [3.63, 3.8) is 0 Å². The molecule has 55 heavy (non-hydrogen) atoms. The number of carbonyl (C=O) groups is 5. The highest BCUT2D eigenvalue weighted by Gasteiger charge is 2.62. The number of hydrogen-bond donors (Lipinski definition) is 3. The number of sulfonamides is 1. The molecule has 1 saturated heterocycles. The average molecular weight is 782 g/mol. The van der Waals surface area contributed by atoms with Gasteiger partial charge in [-0.05, 0) is 76.6 Å². The summed E-state index contributed by atoms with van der Waals surface area (Å²) in [5.41, 5.74) is -1.05. The lowest BCUT2D eigenvalue weighted by molar-refractivity contribution is -0.141. The molecule has 5 amide bonds. The highest BCUT2D eigenvalue weighted by atomic mass is 32.2. The van der Waals surface area contributed by atoms with Crippen molar-refractivity contribution in [2.75, 3.05) is 6.54 Å². The number of nitrogens with one attached hydrogen (secondary N) is 3. The summed E-state index contributed by atoms with van der Waals surface area (Å²) in [5, 5.41) is 5.45. The Bertz CT molecular complexity index is 2000. The van der Waals surface area contributed by atoms with Crippen LogP contribution in [0.4, 0.5) is 14.0 Å². The van der Waals surface area contributed by atoms with Crippen molar-refractivity contribution >= 4 is 39.9 Å². The van der Waals surface area contributed by atoms with Gasteiger partial charge in [0, 0.05) is 24.4 Å². The van der Waals surface area contributed by atoms with E-state index < -0.39 is 81.0 Å². The molecular formula is C39H48FN5O9S. The van der Waals surface area contributed by atoms with E-state index in [4.69, 9.17) is 9.47 Å². The Morgan fingerprint density at radius 1 is 1.02 bits per heavy atom. The zero-order valence-corrected chi connectivity index (χ0v) is 32.2. The molecule has 0 radical (unpaired) electrons. The van der Waals surface area contributed by atoms with E-state index in [-0.39, 0.29) is 43.8 Å². The third-order valence-corrected chi connectivity index (χ3v) is 11.9. The second-order valence-corrected chi connectivity index (χ2v) is 17.4. The number of hydrogen-bond acceptors (Lipinski definition) is 9. The minimum absolute atomic E-state index is 0.0139. The van der Waals surface area contributed by atoms with Crippen molar-refractivity contribution in [1.29, 1.82) is 0 Å². The number of allylic oxidation sites excluding steroid dienone is 1. The third kappa shape index (κ3) is 8.95. The van der Waals surface area contributed by atoms with Gasteiger partial charge in [-0.15, -0.1) is 0 Å². The van der Waals surface area contributed by atoms with Gasteiger partial charge in [-0.1, -0.05) is 55.3 Å². The van der Waals surface area contributed by atoms with E-state index in [1.54, 1.807) is 64.1 Å². The Balaban J connectivity index is 1.27. The van der Waals surface area contributed by atoms with E-state index in [0.29, 0.717) is 36.0 Å². The summed E-state index contributed by atoms with van der Waals surface area (Å²) >= 11 is 0. The Morgan fingerprint density at radius 3 is 2.51 bits per heavy atom. The van der Waals surface area contributed by atoms with E-state index in [0.717, 1.165) is 6.42 Å². The van der Waals surface area contributed by atoms with Gasteiger partial charge < -0.3 is 25.0 Å². The Kier molecular flexibility index (Phi) is 11.3. The van der Waals surface area contributed by atoms with E-state index in [1.807, 2.05) is 6.08 Å². The zero-order chi connectivity index (χ0) is 39.7. The van der Waals surface area contributed by atoms with Crippen LogP contribution in [0.15, 0.2) is 59.5 Å². The fourth-order valence-electron chi connectivity index (χ4n) is 7.47. The quantitative estimate of drug-likeness (QED) is 0.372. The summed E-state index contributed by atoms with van der Waals surface area (Å²) in [6.07, 6.45) is 3.95. The van der Waals surface area contributed by atoms with Gasteiger partial charge in [-0.2, -0.15) is 0 Å². The molecule has 3 heterocycles. The Hall–Kier alpha value is -4.99. The van der Waals surface area contributed by atoms with Crippen molar-refractivity contribution < 1.29 is 46.3 Å². The molecule has 4 aliphatic rings. The number of benzene rings is 2. The minimum atomic E-state index is -4.32. The molecule has 14 nitrogen and oxygen atoms in total. The predicted octanol–water partition coefficient (Wildman–Crippen LogP) is 4.35. The topological polar surface area (TPSA) is 181 Å². The number of rotatable bonds is 5. The zero-order valence-electron chi connectivity index (χ0n) is 31.4. The van der Waals surface area contributed by atoms with Crippen LogP contribution in [0, 0.1) is 18.7 Å². The van der Waals surface area contributed by atoms with Crippen LogP contribution in [-0.2, 0) is 47.0 Å². The number of amides is 5. The molecule has 1 saturated carbocycles. The van der Waals surface area contributed by atoms with Crippen molar-refractivity contribution in [2.24, 2.45) is 5.92 Å². The third-order valence-electron chi connectivity index (χ3n) is 10.4. The summed E-state index contributed by atoms with van der Waals surface area (Å²) < 4.78 is 54.7. The second-order valence-electron chi connectivity index (χ2n) is 15.7. The molecule has 0 spiro atoms. The van der Waals surface area contributed by atoms with Crippen molar-refractivity contribution in [1.82, 2.24) is 25.2 Å². The predicted molar refractivity (Wildman–Crippen MR) is 197 cm³/mol. The molecule has 2 fully saturated rings. The van der Waals surface area contributed by atoms with E-state index in [2.05, 4.69) is 15.4 Å². The highest BCUT2D eigenvalue weighted by molar-refractivity contribution is 7.90. The van der Waals surface area contributed by atoms with Crippen molar-refractivity contribution in [3.8, 4) is 0 Å². The Morgan fingerprint density at radius 2 is 1.78 bits per heavy atom. The van der Waals surface area contributed by atoms with E-state index >= 15 is 0 Å². The molecule has 3 aliphatic heterocycles. The van der Waals surface area contributed by atoms with Gasteiger partial charge in [0.25, 0.3) is 15.9 Å². The average Bonchev–Trinajstić information content (AvgIpc) is 3.40. The molecule has 296 valence electrons.